The van der Waals surface area contributed by atoms with E-state index in [2.05, 4.69) is 10.6 Å². The van der Waals surface area contributed by atoms with E-state index in [4.69, 9.17) is 11.6 Å². The Morgan fingerprint density at radius 1 is 1.17 bits per heavy atom. The van der Waals surface area contributed by atoms with E-state index < -0.39 is 0 Å². The number of carbonyl (C=O) groups is 2. The molecule has 2 rings (SSSR count). The third-order valence-electron chi connectivity index (χ3n) is 3.32. The van der Waals surface area contributed by atoms with Crippen LogP contribution in [-0.2, 0) is 9.59 Å². The Hall–Kier alpha value is -1.89. The van der Waals surface area contributed by atoms with Gasteiger partial charge in [-0.05, 0) is 37.6 Å². The Balaban J connectivity index is 1.77. The molecule has 1 aromatic carbocycles. The topological polar surface area (TPSA) is 61.4 Å². The lowest BCUT2D eigenvalue weighted by molar-refractivity contribution is -0.123. The molecule has 0 saturated carbocycles. The predicted molar refractivity (Wildman–Crippen MR) is 98.5 cm³/mol. The van der Waals surface area contributed by atoms with Crippen molar-refractivity contribution >= 4 is 40.4 Å². The molecule has 0 bridgehead atoms. The van der Waals surface area contributed by atoms with Gasteiger partial charge in [0.05, 0.1) is 29.8 Å². The van der Waals surface area contributed by atoms with Gasteiger partial charge in [0, 0.05) is 4.88 Å². The summed E-state index contributed by atoms with van der Waals surface area (Å²) in [4.78, 5) is 26.8. The average molecular weight is 366 g/mol. The molecule has 2 aromatic rings. The molecule has 0 saturated heterocycles. The number of nitrogens with zero attached hydrogens (tertiary/aromatic N) is 1. The summed E-state index contributed by atoms with van der Waals surface area (Å²) in [7, 11) is 1.72. The van der Waals surface area contributed by atoms with Crippen molar-refractivity contribution in [3.05, 3.63) is 51.7 Å². The fourth-order valence-corrected chi connectivity index (χ4v) is 3.11. The number of hydrogen-bond donors (Lipinski definition) is 2. The summed E-state index contributed by atoms with van der Waals surface area (Å²) in [6.45, 7) is 2.19. The van der Waals surface area contributed by atoms with Crippen LogP contribution in [0.5, 0.6) is 0 Å². The van der Waals surface area contributed by atoms with Gasteiger partial charge in [0.25, 0.3) is 0 Å². The number of nitrogens with one attached hydrogen (secondary N) is 2. The molecular formula is C17H20ClN3O2S. The molecule has 5 nitrogen and oxygen atoms in total. The Kier molecular flexibility index (Phi) is 6.78. The normalized spacial score (nSPS) is 12.0. The summed E-state index contributed by atoms with van der Waals surface area (Å²) in [6, 6.07) is 10.9. The molecular weight excluding hydrogens is 346 g/mol. The first-order valence-corrected chi connectivity index (χ1v) is 8.77. The van der Waals surface area contributed by atoms with Crippen LogP contribution in [0.2, 0.25) is 5.02 Å². The molecule has 1 atom stereocenters. The van der Waals surface area contributed by atoms with Crippen LogP contribution in [-0.4, -0.2) is 36.9 Å². The van der Waals surface area contributed by atoms with Crippen LogP contribution >= 0.6 is 22.9 Å². The van der Waals surface area contributed by atoms with E-state index in [0.29, 0.717) is 10.7 Å². The SMILES string of the molecule is C[C@@H](NC(=O)CN(C)CC(=O)Nc1ccccc1Cl)c1cccs1. The van der Waals surface area contributed by atoms with E-state index in [9.17, 15) is 9.59 Å². The van der Waals surface area contributed by atoms with Gasteiger partial charge < -0.3 is 10.6 Å². The fraction of sp³-hybridized carbons (Fsp3) is 0.294. The maximum Gasteiger partial charge on any atom is 0.238 e. The second-order valence-corrected chi connectivity index (χ2v) is 6.89. The van der Waals surface area contributed by atoms with Gasteiger partial charge in [-0.1, -0.05) is 29.8 Å². The highest BCUT2D eigenvalue weighted by Crippen LogP contribution is 2.20. The number of hydrogen-bond acceptors (Lipinski definition) is 4. The number of para-hydroxylation sites is 1. The summed E-state index contributed by atoms with van der Waals surface area (Å²) in [5.41, 5.74) is 0.563. The van der Waals surface area contributed by atoms with Crippen LogP contribution in [0.1, 0.15) is 17.8 Å². The summed E-state index contributed by atoms with van der Waals surface area (Å²) in [5, 5.41) is 8.11. The van der Waals surface area contributed by atoms with Crippen molar-refractivity contribution in [1.82, 2.24) is 10.2 Å². The van der Waals surface area contributed by atoms with Crippen molar-refractivity contribution in [3.63, 3.8) is 0 Å². The minimum Gasteiger partial charge on any atom is -0.348 e. The molecule has 0 unspecified atom stereocenters. The monoisotopic (exact) mass is 365 g/mol. The van der Waals surface area contributed by atoms with Gasteiger partial charge >= 0.3 is 0 Å². The zero-order valence-corrected chi connectivity index (χ0v) is 15.2. The number of thiophene rings is 1. The Labute approximate surface area is 150 Å². The molecule has 0 radical (unpaired) electrons. The Bertz CT molecular complexity index is 691. The highest BCUT2D eigenvalue weighted by atomic mass is 35.5. The number of likely N-dealkylation sites (N-methyl/N-ethyl adjacent to an activating group) is 1. The van der Waals surface area contributed by atoms with Gasteiger partial charge in [-0.2, -0.15) is 0 Å². The van der Waals surface area contributed by atoms with Crippen molar-refractivity contribution in [3.8, 4) is 0 Å². The van der Waals surface area contributed by atoms with Crippen molar-refractivity contribution in [1.29, 1.82) is 0 Å². The molecule has 0 fully saturated rings. The number of carbonyl (C=O) groups excluding carboxylic acids is 2. The highest BCUT2D eigenvalue weighted by Gasteiger charge is 2.14. The predicted octanol–water partition coefficient (Wildman–Crippen LogP) is 3.15. The third-order valence-corrected chi connectivity index (χ3v) is 4.71. The van der Waals surface area contributed by atoms with Gasteiger partial charge in [0.15, 0.2) is 0 Å². The number of halogens is 1. The summed E-state index contributed by atoms with van der Waals surface area (Å²) >= 11 is 7.60. The van der Waals surface area contributed by atoms with Crippen LogP contribution < -0.4 is 10.6 Å². The minimum atomic E-state index is -0.218. The van der Waals surface area contributed by atoms with Gasteiger partial charge in [-0.3, -0.25) is 14.5 Å². The molecule has 7 heteroatoms. The molecule has 1 aromatic heterocycles. The van der Waals surface area contributed by atoms with Crippen LogP contribution in [0.4, 0.5) is 5.69 Å². The summed E-state index contributed by atoms with van der Waals surface area (Å²) in [6.07, 6.45) is 0. The van der Waals surface area contributed by atoms with Crippen molar-refractivity contribution in [2.24, 2.45) is 0 Å². The number of amides is 2. The van der Waals surface area contributed by atoms with Crippen molar-refractivity contribution in [2.75, 3.05) is 25.5 Å². The maximum atomic E-state index is 12.1. The molecule has 128 valence electrons. The average Bonchev–Trinajstić information content (AvgIpc) is 3.03. The highest BCUT2D eigenvalue weighted by molar-refractivity contribution is 7.10. The van der Waals surface area contributed by atoms with Crippen LogP contribution in [0.15, 0.2) is 41.8 Å². The molecule has 24 heavy (non-hydrogen) atoms. The van der Waals surface area contributed by atoms with Crippen LogP contribution in [0.25, 0.3) is 0 Å². The third kappa shape index (κ3) is 5.63. The molecule has 2 amide bonds. The lowest BCUT2D eigenvalue weighted by Gasteiger charge is -2.18. The largest absolute Gasteiger partial charge is 0.348 e. The zero-order valence-electron chi connectivity index (χ0n) is 13.6. The zero-order chi connectivity index (χ0) is 17.5. The second-order valence-electron chi connectivity index (χ2n) is 5.50. The Morgan fingerprint density at radius 2 is 1.88 bits per heavy atom. The fourth-order valence-electron chi connectivity index (χ4n) is 2.19. The summed E-state index contributed by atoms with van der Waals surface area (Å²) < 4.78 is 0. The van der Waals surface area contributed by atoms with E-state index in [0.717, 1.165) is 4.88 Å². The van der Waals surface area contributed by atoms with E-state index in [1.807, 2.05) is 24.4 Å². The van der Waals surface area contributed by atoms with Gasteiger partial charge in [0.2, 0.25) is 11.8 Å². The lowest BCUT2D eigenvalue weighted by Crippen LogP contribution is -2.39. The van der Waals surface area contributed by atoms with E-state index in [-0.39, 0.29) is 30.9 Å². The second kappa shape index (κ2) is 8.82. The molecule has 0 aliphatic heterocycles. The lowest BCUT2D eigenvalue weighted by atomic mass is 10.2. The molecule has 0 aliphatic rings. The van der Waals surface area contributed by atoms with E-state index in [1.54, 1.807) is 47.5 Å². The summed E-state index contributed by atoms with van der Waals surface area (Å²) in [5.74, 6) is -0.339. The van der Waals surface area contributed by atoms with Crippen molar-refractivity contribution in [2.45, 2.75) is 13.0 Å². The van der Waals surface area contributed by atoms with Gasteiger partial charge in [-0.25, -0.2) is 0 Å². The van der Waals surface area contributed by atoms with Gasteiger partial charge in [0.1, 0.15) is 0 Å². The molecule has 0 spiro atoms. The number of anilines is 1. The molecule has 0 aliphatic carbocycles. The minimum absolute atomic E-state index is 0.0390. The molecule has 2 N–H and O–H groups in total. The Morgan fingerprint density at radius 3 is 2.54 bits per heavy atom. The maximum absolute atomic E-state index is 12.1. The molecule has 1 heterocycles. The first-order chi connectivity index (χ1) is 11.5. The van der Waals surface area contributed by atoms with E-state index >= 15 is 0 Å². The quantitative estimate of drug-likeness (QED) is 0.792. The van der Waals surface area contributed by atoms with Crippen molar-refractivity contribution < 1.29 is 9.59 Å². The van der Waals surface area contributed by atoms with Crippen LogP contribution in [0, 0.1) is 0 Å². The number of rotatable bonds is 7. The van der Waals surface area contributed by atoms with Crippen LogP contribution in [0.3, 0.4) is 0 Å². The van der Waals surface area contributed by atoms with Gasteiger partial charge in [-0.15, -0.1) is 11.3 Å². The smallest absolute Gasteiger partial charge is 0.238 e. The first kappa shape index (κ1) is 18.4. The first-order valence-electron chi connectivity index (χ1n) is 7.51. The standard InChI is InChI=1S/C17H20ClN3O2S/c1-12(15-8-5-9-24-15)19-16(22)10-21(2)11-17(23)20-14-7-4-3-6-13(14)18/h3-9,12H,10-11H2,1-2H3,(H,19,22)(H,20,23)/t12-/m1/s1. The van der Waals surface area contributed by atoms with E-state index in [1.165, 1.54) is 0 Å². The number of benzene rings is 1.